The second-order valence-electron chi connectivity index (χ2n) is 5.83. The number of amides is 1. The first-order valence-electron chi connectivity index (χ1n) is 6.93. The van der Waals surface area contributed by atoms with E-state index < -0.39 is 29.4 Å². The Morgan fingerprint density at radius 1 is 1.19 bits per heavy atom. The molecule has 1 saturated heterocycles. The van der Waals surface area contributed by atoms with Crippen LogP contribution in [0.5, 0.6) is 0 Å². The first kappa shape index (κ1) is 17.4. The van der Waals surface area contributed by atoms with Gasteiger partial charge in [0.15, 0.2) is 5.92 Å². The fraction of sp³-hybridized carbons (Fsp3) is 0.786. The number of hydrogen-bond donors (Lipinski definition) is 0. The van der Waals surface area contributed by atoms with E-state index in [1.165, 1.54) is 11.8 Å². The fourth-order valence-electron chi connectivity index (χ4n) is 1.82. The molecule has 7 heteroatoms. The maximum atomic E-state index is 12.4. The van der Waals surface area contributed by atoms with E-state index in [1.807, 2.05) is 0 Å². The largest absolute Gasteiger partial charge is 0.464 e. The Morgan fingerprint density at radius 2 is 1.76 bits per heavy atom. The van der Waals surface area contributed by atoms with Gasteiger partial charge in [0.25, 0.3) is 0 Å². The van der Waals surface area contributed by atoms with Crippen molar-refractivity contribution in [1.82, 2.24) is 4.90 Å². The van der Waals surface area contributed by atoms with Crippen LogP contribution in [-0.4, -0.2) is 61.3 Å². The van der Waals surface area contributed by atoms with Crippen LogP contribution in [0.25, 0.3) is 0 Å². The van der Waals surface area contributed by atoms with Crippen molar-refractivity contribution in [1.29, 1.82) is 0 Å². The number of carbonyl (C=O) groups is 3. The molecule has 0 spiro atoms. The number of ether oxygens (including phenoxy) is 3. The summed E-state index contributed by atoms with van der Waals surface area (Å²) in [6.07, 6.45) is 0. The van der Waals surface area contributed by atoms with Crippen LogP contribution in [-0.2, 0) is 28.6 Å². The minimum absolute atomic E-state index is 0.305. The molecule has 1 aliphatic rings. The minimum atomic E-state index is -1.13. The van der Waals surface area contributed by atoms with Gasteiger partial charge in [-0.25, -0.2) is 0 Å². The van der Waals surface area contributed by atoms with E-state index in [9.17, 15) is 14.4 Å². The van der Waals surface area contributed by atoms with Crippen LogP contribution < -0.4 is 0 Å². The molecule has 0 N–H and O–H groups in total. The molecule has 0 aromatic carbocycles. The normalized spacial score (nSPS) is 17.0. The molecule has 1 rings (SSSR count). The molecule has 0 aliphatic carbocycles. The van der Waals surface area contributed by atoms with E-state index in [4.69, 9.17) is 14.2 Å². The predicted molar refractivity (Wildman–Crippen MR) is 73.4 cm³/mol. The molecule has 1 unspecified atom stereocenters. The Balaban J connectivity index is 2.76. The van der Waals surface area contributed by atoms with Crippen LogP contribution in [0.3, 0.4) is 0 Å². The highest BCUT2D eigenvalue weighted by atomic mass is 16.6. The SMILES string of the molecule is CC(=O)OCC(C(=O)OC(C)(C)C)C(=O)N1CCOCC1. The van der Waals surface area contributed by atoms with E-state index >= 15 is 0 Å². The third-order valence-electron chi connectivity index (χ3n) is 2.77. The summed E-state index contributed by atoms with van der Waals surface area (Å²) in [5.74, 6) is -2.75. The predicted octanol–water partition coefficient (Wildman–Crippen LogP) is 0.366. The molecule has 7 nitrogen and oxygen atoms in total. The maximum Gasteiger partial charge on any atom is 0.322 e. The zero-order chi connectivity index (χ0) is 16.0. The van der Waals surface area contributed by atoms with Gasteiger partial charge in [0.05, 0.1) is 13.2 Å². The molecular formula is C14H23NO6. The van der Waals surface area contributed by atoms with Crippen molar-refractivity contribution in [3.63, 3.8) is 0 Å². The number of carbonyl (C=O) groups excluding carboxylic acids is 3. The van der Waals surface area contributed by atoms with Gasteiger partial charge in [-0.2, -0.15) is 0 Å². The van der Waals surface area contributed by atoms with Crippen molar-refractivity contribution in [2.24, 2.45) is 5.92 Å². The Morgan fingerprint density at radius 3 is 2.24 bits per heavy atom. The van der Waals surface area contributed by atoms with Crippen molar-refractivity contribution in [3.8, 4) is 0 Å². The van der Waals surface area contributed by atoms with Crippen molar-refractivity contribution in [2.75, 3.05) is 32.9 Å². The van der Waals surface area contributed by atoms with Crippen molar-refractivity contribution < 1.29 is 28.6 Å². The smallest absolute Gasteiger partial charge is 0.322 e. The number of nitrogens with zero attached hydrogens (tertiary/aromatic N) is 1. The quantitative estimate of drug-likeness (QED) is 0.551. The lowest BCUT2D eigenvalue weighted by atomic mass is 10.1. The summed E-state index contributed by atoms with van der Waals surface area (Å²) in [7, 11) is 0. The van der Waals surface area contributed by atoms with E-state index in [0.717, 1.165) is 0 Å². The molecule has 1 fully saturated rings. The van der Waals surface area contributed by atoms with Crippen molar-refractivity contribution >= 4 is 17.8 Å². The molecule has 1 heterocycles. The van der Waals surface area contributed by atoms with Gasteiger partial charge in [0, 0.05) is 20.0 Å². The molecule has 0 bridgehead atoms. The number of esters is 2. The Kier molecular flexibility index (Phi) is 6.14. The monoisotopic (exact) mass is 301 g/mol. The average molecular weight is 301 g/mol. The zero-order valence-electron chi connectivity index (χ0n) is 13.0. The molecule has 120 valence electrons. The summed E-state index contributed by atoms with van der Waals surface area (Å²) >= 11 is 0. The van der Waals surface area contributed by atoms with Gasteiger partial charge in [0.2, 0.25) is 5.91 Å². The van der Waals surface area contributed by atoms with Crippen LogP contribution in [0.1, 0.15) is 27.7 Å². The zero-order valence-corrected chi connectivity index (χ0v) is 13.0. The van der Waals surface area contributed by atoms with Gasteiger partial charge in [-0.15, -0.1) is 0 Å². The first-order chi connectivity index (χ1) is 9.70. The summed E-state index contributed by atoms with van der Waals surface area (Å²) in [6, 6.07) is 0. The van der Waals surface area contributed by atoms with Crippen LogP contribution >= 0.6 is 0 Å². The minimum Gasteiger partial charge on any atom is -0.464 e. The average Bonchev–Trinajstić information content (AvgIpc) is 2.37. The lowest BCUT2D eigenvalue weighted by molar-refractivity contribution is -0.169. The number of hydrogen-bond acceptors (Lipinski definition) is 6. The fourth-order valence-corrected chi connectivity index (χ4v) is 1.82. The highest BCUT2D eigenvalue weighted by Gasteiger charge is 2.35. The number of rotatable bonds is 4. The van der Waals surface area contributed by atoms with E-state index in [2.05, 4.69) is 0 Å². The van der Waals surface area contributed by atoms with Gasteiger partial charge < -0.3 is 19.1 Å². The molecule has 1 aliphatic heterocycles. The third-order valence-corrected chi connectivity index (χ3v) is 2.77. The summed E-state index contributed by atoms with van der Waals surface area (Å²) in [4.78, 5) is 37.0. The van der Waals surface area contributed by atoms with Gasteiger partial charge in [0.1, 0.15) is 12.2 Å². The summed E-state index contributed by atoms with van der Waals surface area (Å²) in [5.41, 5.74) is -0.711. The standard InChI is InChI=1S/C14H23NO6/c1-10(16)20-9-11(13(18)21-14(2,3)4)12(17)15-5-7-19-8-6-15/h11H,5-9H2,1-4H3. The molecule has 21 heavy (non-hydrogen) atoms. The molecular weight excluding hydrogens is 278 g/mol. The molecule has 1 amide bonds. The molecule has 0 aromatic heterocycles. The number of morpholine rings is 1. The lowest BCUT2D eigenvalue weighted by Crippen LogP contribution is -2.48. The second-order valence-corrected chi connectivity index (χ2v) is 5.83. The summed E-state index contributed by atoms with van der Waals surface area (Å²) in [5, 5.41) is 0. The van der Waals surface area contributed by atoms with Gasteiger partial charge in [-0.1, -0.05) is 0 Å². The highest BCUT2D eigenvalue weighted by molar-refractivity contribution is 5.98. The topological polar surface area (TPSA) is 82.1 Å². The van der Waals surface area contributed by atoms with Crippen molar-refractivity contribution in [3.05, 3.63) is 0 Å². The van der Waals surface area contributed by atoms with Gasteiger partial charge in [-0.3, -0.25) is 14.4 Å². The van der Waals surface area contributed by atoms with E-state index in [-0.39, 0.29) is 6.61 Å². The van der Waals surface area contributed by atoms with Crippen LogP contribution in [0.15, 0.2) is 0 Å². The maximum absolute atomic E-state index is 12.4. The Hall–Kier alpha value is -1.63. The van der Waals surface area contributed by atoms with Crippen LogP contribution in [0, 0.1) is 5.92 Å². The summed E-state index contributed by atoms with van der Waals surface area (Å²) in [6.45, 7) is 7.76. The van der Waals surface area contributed by atoms with Gasteiger partial charge >= 0.3 is 11.9 Å². The Bertz CT molecular complexity index is 395. The van der Waals surface area contributed by atoms with Gasteiger partial charge in [-0.05, 0) is 20.8 Å². The van der Waals surface area contributed by atoms with Crippen LogP contribution in [0.2, 0.25) is 0 Å². The van der Waals surface area contributed by atoms with Crippen LogP contribution in [0.4, 0.5) is 0 Å². The van der Waals surface area contributed by atoms with E-state index in [0.29, 0.717) is 26.3 Å². The molecule has 0 aromatic rings. The Labute approximate surface area is 124 Å². The molecule has 1 atom stereocenters. The van der Waals surface area contributed by atoms with E-state index in [1.54, 1.807) is 20.8 Å². The summed E-state index contributed by atoms with van der Waals surface area (Å²) < 4.78 is 15.2. The lowest BCUT2D eigenvalue weighted by Gasteiger charge is -2.30. The molecule has 0 radical (unpaired) electrons. The highest BCUT2D eigenvalue weighted by Crippen LogP contribution is 2.15. The van der Waals surface area contributed by atoms with Crippen molar-refractivity contribution in [2.45, 2.75) is 33.3 Å². The third kappa shape index (κ3) is 6.12. The molecule has 0 saturated carbocycles. The first-order valence-corrected chi connectivity index (χ1v) is 6.93. The second kappa shape index (κ2) is 7.40.